The van der Waals surface area contributed by atoms with Crippen LogP contribution in [0.3, 0.4) is 0 Å². The van der Waals surface area contributed by atoms with Crippen LogP contribution in [0.5, 0.6) is 0 Å². The van der Waals surface area contributed by atoms with Gasteiger partial charge in [-0.1, -0.05) is 47.3 Å². The Bertz CT molecular complexity index is 342. The van der Waals surface area contributed by atoms with E-state index in [9.17, 15) is 0 Å². The third kappa shape index (κ3) is 3.81. The highest BCUT2D eigenvalue weighted by Gasteiger charge is 2.19. The predicted molar refractivity (Wildman–Crippen MR) is 80.6 cm³/mol. The second-order valence-electron chi connectivity index (χ2n) is 5.11. The fraction of sp³-hybridized carbons (Fsp3) is 0.600. The summed E-state index contributed by atoms with van der Waals surface area (Å²) in [5.74, 6) is 0. The van der Waals surface area contributed by atoms with Crippen LogP contribution in [0.25, 0.3) is 0 Å². The molecule has 2 N–H and O–H groups in total. The summed E-state index contributed by atoms with van der Waals surface area (Å²) in [6.07, 6.45) is 6.77. The Kier molecular flexibility index (Phi) is 5.67. The lowest BCUT2D eigenvalue weighted by Crippen LogP contribution is -2.36. The maximum atomic E-state index is 6.01. The Morgan fingerprint density at radius 3 is 2.11 bits per heavy atom. The lowest BCUT2D eigenvalue weighted by atomic mass is 10.0. The van der Waals surface area contributed by atoms with Crippen LogP contribution in [0.15, 0.2) is 28.7 Å². The minimum absolute atomic E-state index is 0.385. The first-order valence-corrected chi connectivity index (χ1v) is 7.80. The summed E-state index contributed by atoms with van der Waals surface area (Å²) in [6, 6.07) is 9.00. The number of halogens is 1. The molecule has 0 spiro atoms. The van der Waals surface area contributed by atoms with E-state index in [-0.39, 0.29) is 0 Å². The number of likely N-dealkylation sites (tertiary alicyclic amines) is 1. The molecule has 1 unspecified atom stereocenters. The zero-order chi connectivity index (χ0) is 12.8. The average Bonchev–Trinajstić information content (AvgIpc) is 2.34. The number of benzene rings is 1. The van der Waals surface area contributed by atoms with Gasteiger partial charge in [0.25, 0.3) is 0 Å². The maximum absolute atomic E-state index is 6.01. The van der Waals surface area contributed by atoms with Crippen molar-refractivity contribution in [2.45, 2.75) is 38.1 Å². The van der Waals surface area contributed by atoms with E-state index in [1.54, 1.807) is 0 Å². The van der Waals surface area contributed by atoms with Crippen LogP contribution in [0.4, 0.5) is 0 Å². The maximum Gasteiger partial charge on any atom is 0.0470 e. The van der Waals surface area contributed by atoms with Crippen molar-refractivity contribution in [2.24, 2.45) is 5.73 Å². The van der Waals surface area contributed by atoms with Gasteiger partial charge in [0.2, 0.25) is 0 Å². The summed E-state index contributed by atoms with van der Waals surface area (Å²) in [4.78, 5) is 2.57. The molecule has 3 heteroatoms. The molecule has 1 saturated heterocycles. The van der Waals surface area contributed by atoms with Crippen LogP contribution in [0.1, 0.15) is 43.7 Å². The minimum atomic E-state index is 0.385. The Morgan fingerprint density at radius 1 is 1.00 bits per heavy atom. The molecule has 0 radical (unpaired) electrons. The number of hydrogen-bond acceptors (Lipinski definition) is 2. The fourth-order valence-corrected chi connectivity index (χ4v) is 3.03. The molecular formula is C15H23BrN2. The van der Waals surface area contributed by atoms with Crippen molar-refractivity contribution in [3.05, 3.63) is 34.3 Å². The first kappa shape index (κ1) is 14.0. The number of hydrogen-bond donors (Lipinski definition) is 1. The molecule has 100 valence electrons. The van der Waals surface area contributed by atoms with E-state index in [1.807, 2.05) is 0 Å². The van der Waals surface area contributed by atoms with Gasteiger partial charge < -0.3 is 5.73 Å². The molecule has 1 aromatic rings. The largest absolute Gasteiger partial charge is 0.329 e. The average molecular weight is 311 g/mol. The summed E-state index contributed by atoms with van der Waals surface area (Å²) >= 11 is 3.49. The Labute approximate surface area is 119 Å². The van der Waals surface area contributed by atoms with Gasteiger partial charge in [-0.05, 0) is 43.6 Å². The molecule has 1 fully saturated rings. The topological polar surface area (TPSA) is 29.3 Å². The van der Waals surface area contributed by atoms with Gasteiger partial charge in [-0.15, -0.1) is 0 Å². The van der Waals surface area contributed by atoms with Crippen molar-refractivity contribution in [2.75, 3.05) is 19.6 Å². The molecule has 0 aromatic heterocycles. The van der Waals surface area contributed by atoms with Gasteiger partial charge in [-0.3, -0.25) is 4.90 Å². The van der Waals surface area contributed by atoms with Gasteiger partial charge in [0, 0.05) is 17.1 Å². The Balaban J connectivity index is 2.08. The van der Waals surface area contributed by atoms with Crippen molar-refractivity contribution in [3.63, 3.8) is 0 Å². The first-order chi connectivity index (χ1) is 8.81. The van der Waals surface area contributed by atoms with Crippen LogP contribution < -0.4 is 5.73 Å². The van der Waals surface area contributed by atoms with E-state index in [4.69, 9.17) is 5.73 Å². The number of nitrogens with zero attached hydrogens (tertiary/aromatic N) is 1. The number of rotatable bonds is 3. The van der Waals surface area contributed by atoms with Gasteiger partial charge >= 0.3 is 0 Å². The highest BCUT2D eigenvalue weighted by Crippen LogP contribution is 2.24. The van der Waals surface area contributed by atoms with Crippen LogP contribution in [-0.2, 0) is 0 Å². The van der Waals surface area contributed by atoms with Gasteiger partial charge in [-0.2, -0.15) is 0 Å². The summed E-state index contributed by atoms with van der Waals surface area (Å²) in [7, 11) is 0. The zero-order valence-corrected chi connectivity index (χ0v) is 12.5. The smallest absolute Gasteiger partial charge is 0.0470 e. The highest BCUT2D eigenvalue weighted by atomic mass is 79.9. The van der Waals surface area contributed by atoms with Gasteiger partial charge in [0.15, 0.2) is 0 Å². The molecule has 0 bridgehead atoms. The van der Waals surface area contributed by atoms with E-state index >= 15 is 0 Å². The molecule has 1 atom stereocenters. The third-order valence-corrected chi connectivity index (χ3v) is 4.34. The van der Waals surface area contributed by atoms with Gasteiger partial charge in [-0.25, -0.2) is 0 Å². The van der Waals surface area contributed by atoms with E-state index < -0.39 is 0 Å². The fourth-order valence-electron chi connectivity index (χ4n) is 2.76. The molecule has 1 heterocycles. The summed E-state index contributed by atoms with van der Waals surface area (Å²) < 4.78 is 1.13. The van der Waals surface area contributed by atoms with E-state index in [0.717, 1.165) is 4.47 Å². The summed E-state index contributed by atoms with van der Waals surface area (Å²) in [5.41, 5.74) is 7.36. The molecule has 1 aliphatic rings. The quantitative estimate of drug-likeness (QED) is 0.922. The lowest BCUT2D eigenvalue weighted by Gasteiger charge is -2.32. The molecule has 2 rings (SSSR count). The molecule has 0 saturated carbocycles. The lowest BCUT2D eigenvalue weighted by molar-refractivity contribution is 0.183. The predicted octanol–water partition coefficient (Wildman–Crippen LogP) is 3.72. The molecule has 0 aliphatic carbocycles. The summed E-state index contributed by atoms with van der Waals surface area (Å²) in [5, 5.41) is 0. The third-order valence-electron chi connectivity index (χ3n) is 3.81. The molecule has 1 aliphatic heterocycles. The molecular weight excluding hydrogens is 288 g/mol. The highest BCUT2D eigenvalue weighted by molar-refractivity contribution is 9.10. The Hall–Kier alpha value is -0.380. The monoisotopic (exact) mass is 310 g/mol. The second kappa shape index (κ2) is 7.27. The normalized spacial score (nSPS) is 20.1. The molecule has 2 nitrogen and oxygen atoms in total. The van der Waals surface area contributed by atoms with E-state index in [1.165, 1.54) is 50.8 Å². The van der Waals surface area contributed by atoms with Crippen molar-refractivity contribution in [1.29, 1.82) is 0 Å². The molecule has 1 aromatic carbocycles. The van der Waals surface area contributed by atoms with Crippen molar-refractivity contribution in [3.8, 4) is 0 Å². The molecule has 0 amide bonds. The van der Waals surface area contributed by atoms with Crippen molar-refractivity contribution < 1.29 is 0 Å². The van der Waals surface area contributed by atoms with Crippen LogP contribution in [-0.4, -0.2) is 24.5 Å². The first-order valence-electron chi connectivity index (χ1n) is 7.01. The number of nitrogens with two attached hydrogens (primary N) is 1. The van der Waals surface area contributed by atoms with Crippen LogP contribution >= 0.6 is 15.9 Å². The van der Waals surface area contributed by atoms with Crippen molar-refractivity contribution >= 4 is 15.9 Å². The molecule has 18 heavy (non-hydrogen) atoms. The van der Waals surface area contributed by atoms with Crippen LogP contribution in [0, 0.1) is 0 Å². The standard InChI is InChI=1S/C15H23BrN2/c16-14-8-6-13(7-9-14)15(12-17)18-10-4-2-1-3-5-11-18/h6-9,15H,1-5,10-12,17H2. The van der Waals surface area contributed by atoms with Crippen LogP contribution in [0.2, 0.25) is 0 Å². The Morgan fingerprint density at radius 2 is 1.56 bits per heavy atom. The summed E-state index contributed by atoms with van der Waals surface area (Å²) in [6.45, 7) is 3.09. The minimum Gasteiger partial charge on any atom is -0.329 e. The van der Waals surface area contributed by atoms with Gasteiger partial charge in [0.05, 0.1) is 0 Å². The second-order valence-corrected chi connectivity index (χ2v) is 6.02. The van der Waals surface area contributed by atoms with Gasteiger partial charge in [0.1, 0.15) is 0 Å². The van der Waals surface area contributed by atoms with E-state index in [0.29, 0.717) is 12.6 Å². The zero-order valence-electron chi connectivity index (χ0n) is 10.9. The SMILES string of the molecule is NCC(c1ccc(Br)cc1)N1CCCCCCC1. The van der Waals surface area contributed by atoms with E-state index in [2.05, 4.69) is 45.1 Å². The van der Waals surface area contributed by atoms with Crippen molar-refractivity contribution in [1.82, 2.24) is 4.90 Å².